The predicted octanol–water partition coefficient (Wildman–Crippen LogP) is 3.11. The Balaban J connectivity index is 1.69. The maximum absolute atomic E-state index is 6.11. The Labute approximate surface area is 133 Å². The summed E-state index contributed by atoms with van der Waals surface area (Å²) in [5, 5.41) is 3.24. The Bertz CT molecular complexity index is 608. The quantitative estimate of drug-likeness (QED) is 0.666. The molecule has 120 valence electrons. The number of rotatable bonds is 3. The van der Waals surface area contributed by atoms with Crippen LogP contribution in [-0.4, -0.2) is 24.7 Å². The first-order valence-electron chi connectivity index (χ1n) is 8.13. The van der Waals surface area contributed by atoms with Crippen molar-refractivity contribution in [1.29, 1.82) is 0 Å². The average molecular weight is 301 g/mol. The minimum atomic E-state index is -0.116. The minimum absolute atomic E-state index is 0.00795. The third kappa shape index (κ3) is 2.39. The zero-order valence-corrected chi connectivity index (χ0v) is 14.1. The van der Waals surface area contributed by atoms with Crippen LogP contribution in [0, 0.1) is 5.41 Å². The van der Waals surface area contributed by atoms with Crippen molar-refractivity contribution in [2.24, 2.45) is 16.1 Å². The number of aliphatic imine (C=N–C) groups is 1. The van der Waals surface area contributed by atoms with Crippen LogP contribution in [0.1, 0.15) is 44.7 Å². The second-order valence-corrected chi connectivity index (χ2v) is 7.35. The van der Waals surface area contributed by atoms with Crippen LogP contribution in [-0.2, 0) is 17.6 Å². The first-order valence-corrected chi connectivity index (χ1v) is 8.13. The summed E-state index contributed by atoms with van der Waals surface area (Å²) >= 11 is 0. The van der Waals surface area contributed by atoms with E-state index in [2.05, 4.69) is 49.3 Å². The van der Waals surface area contributed by atoms with Crippen LogP contribution in [0.25, 0.3) is 0 Å². The lowest BCUT2D eigenvalue weighted by atomic mass is 9.56. The van der Waals surface area contributed by atoms with E-state index in [-0.39, 0.29) is 17.1 Å². The predicted molar refractivity (Wildman–Crippen MR) is 91.3 cm³/mol. The highest BCUT2D eigenvalue weighted by Crippen LogP contribution is 2.53. The SMILES string of the molecule is COC1(C)CC(N=C(N)Nc2ccc3c(c2)CCC3)C1(C)C. The molecule has 0 radical (unpaired) electrons. The number of nitrogens with two attached hydrogens (primary N) is 1. The van der Waals surface area contributed by atoms with Gasteiger partial charge < -0.3 is 15.8 Å². The molecule has 2 aliphatic carbocycles. The second kappa shape index (κ2) is 5.27. The molecule has 0 bridgehead atoms. The van der Waals surface area contributed by atoms with Crippen molar-refractivity contribution in [3.63, 3.8) is 0 Å². The molecule has 1 aromatic carbocycles. The summed E-state index contributed by atoms with van der Waals surface area (Å²) in [7, 11) is 1.77. The fourth-order valence-corrected chi connectivity index (χ4v) is 3.66. The first kappa shape index (κ1) is 15.3. The number of benzene rings is 1. The molecule has 1 saturated carbocycles. The molecule has 0 spiro atoms. The molecule has 4 nitrogen and oxygen atoms in total. The van der Waals surface area contributed by atoms with Gasteiger partial charge in [-0.3, -0.25) is 0 Å². The number of nitrogens with zero attached hydrogens (tertiary/aromatic N) is 1. The Morgan fingerprint density at radius 3 is 2.68 bits per heavy atom. The van der Waals surface area contributed by atoms with Crippen molar-refractivity contribution < 1.29 is 4.74 Å². The van der Waals surface area contributed by atoms with E-state index in [1.807, 2.05) is 0 Å². The molecule has 2 aliphatic rings. The molecule has 0 saturated heterocycles. The molecule has 4 heteroatoms. The summed E-state index contributed by atoms with van der Waals surface area (Å²) in [6.07, 6.45) is 4.53. The van der Waals surface area contributed by atoms with Gasteiger partial charge in [-0.1, -0.05) is 19.9 Å². The average Bonchev–Trinajstić information content (AvgIpc) is 2.94. The molecule has 2 unspecified atom stereocenters. The van der Waals surface area contributed by atoms with Crippen LogP contribution < -0.4 is 11.1 Å². The molecular weight excluding hydrogens is 274 g/mol. The van der Waals surface area contributed by atoms with Crippen molar-refractivity contribution in [2.45, 2.75) is 58.1 Å². The molecule has 0 amide bonds. The minimum Gasteiger partial charge on any atom is -0.378 e. The number of methoxy groups -OCH3 is 1. The van der Waals surface area contributed by atoms with Gasteiger partial charge in [-0.05, 0) is 55.9 Å². The lowest BCUT2D eigenvalue weighted by Crippen LogP contribution is -2.62. The Hall–Kier alpha value is -1.55. The topological polar surface area (TPSA) is 59.6 Å². The van der Waals surface area contributed by atoms with Crippen molar-refractivity contribution in [3.05, 3.63) is 29.3 Å². The molecule has 0 aliphatic heterocycles. The number of ether oxygens (including phenoxy) is 1. The van der Waals surface area contributed by atoms with Crippen molar-refractivity contribution in [1.82, 2.24) is 0 Å². The number of hydrogen-bond acceptors (Lipinski definition) is 2. The molecule has 1 aromatic rings. The Morgan fingerprint density at radius 2 is 2.00 bits per heavy atom. The van der Waals surface area contributed by atoms with E-state index in [4.69, 9.17) is 10.5 Å². The van der Waals surface area contributed by atoms with Crippen molar-refractivity contribution in [3.8, 4) is 0 Å². The normalized spacial score (nSPS) is 29.8. The van der Waals surface area contributed by atoms with Gasteiger partial charge >= 0.3 is 0 Å². The van der Waals surface area contributed by atoms with E-state index >= 15 is 0 Å². The van der Waals surface area contributed by atoms with Gasteiger partial charge in [0, 0.05) is 18.2 Å². The standard InChI is InChI=1S/C18H27N3O/c1-17(2)15(11-18(17,3)22-4)21-16(19)20-14-9-8-12-6-5-7-13(12)10-14/h8-10,15H,5-7,11H2,1-4H3,(H3,19,20,21). The van der Waals surface area contributed by atoms with E-state index in [1.165, 1.54) is 30.4 Å². The van der Waals surface area contributed by atoms with Gasteiger partial charge in [-0.15, -0.1) is 0 Å². The lowest BCUT2D eigenvalue weighted by Gasteiger charge is -2.57. The van der Waals surface area contributed by atoms with Gasteiger partial charge in [-0.25, -0.2) is 4.99 Å². The van der Waals surface area contributed by atoms with Gasteiger partial charge in [0.15, 0.2) is 5.96 Å². The van der Waals surface area contributed by atoms with E-state index in [9.17, 15) is 0 Å². The number of fused-ring (bicyclic) bond motifs is 1. The first-order chi connectivity index (χ1) is 10.4. The van der Waals surface area contributed by atoms with Crippen LogP contribution in [0.2, 0.25) is 0 Å². The second-order valence-electron chi connectivity index (χ2n) is 7.35. The molecule has 3 rings (SSSR count). The molecule has 0 aromatic heterocycles. The van der Waals surface area contributed by atoms with Crippen LogP contribution in [0.15, 0.2) is 23.2 Å². The van der Waals surface area contributed by atoms with Crippen molar-refractivity contribution in [2.75, 3.05) is 12.4 Å². The lowest BCUT2D eigenvalue weighted by molar-refractivity contribution is -0.171. The van der Waals surface area contributed by atoms with Gasteiger partial charge in [0.1, 0.15) is 0 Å². The highest BCUT2D eigenvalue weighted by molar-refractivity contribution is 5.92. The zero-order chi connectivity index (χ0) is 16.0. The van der Waals surface area contributed by atoms with E-state index in [0.717, 1.165) is 12.1 Å². The van der Waals surface area contributed by atoms with Crippen LogP contribution in [0.5, 0.6) is 0 Å². The van der Waals surface area contributed by atoms with Gasteiger partial charge in [0.25, 0.3) is 0 Å². The fraction of sp³-hybridized carbons (Fsp3) is 0.611. The molecule has 0 heterocycles. The summed E-state index contributed by atoms with van der Waals surface area (Å²) in [6, 6.07) is 6.69. The fourth-order valence-electron chi connectivity index (χ4n) is 3.66. The Morgan fingerprint density at radius 1 is 1.27 bits per heavy atom. The summed E-state index contributed by atoms with van der Waals surface area (Å²) in [4.78, 5) is 4.67. The smallest absolute Gasteiger partial charge is 0.193 e. The van der Waals surface area contributed by atoms with Gasteiger partial charge in [0.05, 0.1) is 11.6 Å². The van der Waals surface area contributed by atoms with Crippen LogP contribution in [0.4, 0.5) is 5.69 Å². The number of hydrogen-bond donors (Lipinski definition) is 2. The zero-order valence-electron chi connectivity index (χ0n) is 14.1. The van der Waals surface area contributed by atoms with E-state index < -0.39 is 0 Å². The highest BCUT2D eigenvalue weighted by Gasteiger charge is 2.58. The maximum atomic E-state index is 6.11. The highest BCUT2D eigenvalue weighted by atomic mass is 16.5. The van der Waals surface area contributed by atoms with E-state index in [0.29, 0.717) is 5.96 Å². The van der Waals surface area contributed by atoms with Crippen LogP contribution in [0.3, 0.4) is 0 Å². The van der Waals surface area contributed by atoms with Crippen LogP contribution >= 0.6 is 0 Å². The molecule has 2 atom stereocenters. The summed E-state index contributed by atoms with van der Waals surface area (Å²) in [5.41, 5.74) is 9.93. The Kier molecular flexibility index (Phi) is 3.68. The molecule has 3 N–H and O–H groups in total. The number of nitrogens with one attached hydrogen (secondary N) is 1. The van der Waals surface area contributed by atoms with Gasteiger partial charge in [-0.2, -0.15) is 0 Å². The third-order valence-corrected chi connectivity index (χ3v) is 5.90. The molecule has 22 heavy (non-hydrogen) atoms. The van der Waals surface area contributed by atoms with Crippen molar-refractivity contribution >= 4 is 11.6 Å². The number of anilines is 1. The third-order valence-electron chi connectivity index (χ3n) is 5.90. The number of aryl methyl sites for hydroxylation is 2. The largest absolute Gasteiger partial charge is 0.378 e. The monoisotopic (exact) mass is 301 g/mol. The van der Waals surface area contributed by atoms with Gasteiger partial charge in [0.2, 0.25) is 0 Å². The number of guanidine groups is 1. The van der Waals surface area contributed by atoms with E-state index in [1.54, 1.807) is 7.11 Å². The maximum Gasteiger partial charge on any atom is 0.193 e. The molecule has 1 fully saturated rings. The molecular formula is C18H27N3O. The summed E-state index contributed by atoms with van der Waals surface area (Å²) in [5.74, 6) is 0.495. The summed E-state index contributed by atoms with van der Waals surface area (Å²) < 4.78 is 5.64. The summed E-state index contributed by atoms with van der Waals surface area (Å²) in [6.45, 7) is 6.52.